The molecule has 3 aromatic carbocycles. The van der Waals surface area contributed by atoms with Crippen molar-refractivity contribution in [3.8, 4) is 11.5 Å². The average molecular weight is 550 g/mol. The van der Waals surface area contributed by atoms with Crippen molar-refractivity contribution in [3.05, 3.63) is 100 Å². The van der Waals surface area contributed by atoms with Crippen molar-refractivity contribution in [3.63, 3.8) is 0 Å². The fourth-order valence-corrected chi connectivity index (χ4v) is 4.57. The number of nitrogens with one attached hydrogen (secondary N) is 1. The molecule has 0 aliphatic rings. The molecule has 0 spiro atoms. The number of nitrogens with two attached hydrogens (primary N) is 2. The first-order valence-electron chi connectivity index (χ1n) is 11.5. The van der Waals surface area contributed by atoms with Gasteiger partial charge in [-0.25, -0.2) is 4.39 Å². The van der Waals surface area contributed by atoms with Gasteiger partial charge in [0.05, 0.1) is 12.8 Å². The molecule has 12 heteroatoms. The first-order valence-corrected chi connectivity index (χ1v) is 12.3. The Kier molecular flexibility index (Phi) is 8.06. The minimum absolute atomic E-state index is 0.0376. The lowest BCUT2D eigenvalue weighted by molar-refractivity contribution is -0.122. The van der Waals surface area contributed by atoms with E-state index in [1.54, 1.807) is 24.3 Å². The second-order valence-electron chi connectivity index (χ2n) is 8.35. The molecule has 200 valence electrons. The molecular formula is C27H24FN5O5S. The average Bonchev–Trinajstić information content (AvgIpc) is 3.33. The van der Waals surface area contributed by atoms with E-state index < -0.39 is 29.6 Å². The zero-order valence-electron chi connectivity index (χ0n) is 20.6. The molecule has 1 aromatic heterocycles. The molecule has 39 heavy (non-hydrogen) atoms. The van der Waals surface area contributed by atoms with Gasteiger partial charge in [0.25, 0.3) is 11.8 Å². The molecule has 1 heterocycles. The highest BCUT2D eigenvalue weighted by atomic mass is 32.1. The third-order valence-corrected chi connectivity index (χ3v) is 6.67. The van der Waals surface area contributed by atoms with Crippen LogP contribution in [0.2, 0.25) is 0 Å². The molecular weight excluding hydrogens is 525 g/mol. The zero-order valence-corrected chi connectivity index (χ0v) is 21.4. The maximum absolute atomic E-state index is 14.0. The van der Waals surface area contributed by atoms with Crippen LogP contribution in [0.1, 0.15) is 37.3 Å². The summed E-state index contributed by atoms with van der Waals surface area (Å²) >= 11 is 0.683. The summed E-state index contributed by atoms with van der Waals surface area (Å²) in [4.78, 5) is 40.6. The van der Waals surface area contributed by atoms with Crippen LogP contribution in [0.3, 0.4) is 0 Å². The molecule has 0 aliphatic carbocycles. The lowest BCUT2D eigenvalue weighted by Gasteiger charge is -2.31. The molecule has 4 aromatic rings. The number of phenolic OH excluding ortho intramolecular Hbond substituents is 1. The number of ether oxygens (including phenoxy) is 1. The lowest BCUT2D eigenvalue weighted by Crippen LogP contribution is -2.44. The number of anilines is 2. The van der Waals surface area contributed by atoms with Crippen LogP contribution in [0, 0.1) is 5.82 Å². The number of primary amides is 1. The Bertz CT molecular complexity index is 1490. The van der Waals surface area contributed by atoms with Crippen molar-refractivity contribution >= 4 is 40.6 Å². The molecule has 6 N–H and O–H groups in total. The molecule has 0 aliphatic heterocycles. The first-order chi connectivity index (χ1) is 18.7. The van der Waals surface area contributed by atoms with Crippen molar-refractivity contribution in [1.82, 2.24) is 9.69 Å². The molecule has 0 fully saturated rings. The largest absolute Gasteiger partial charge is 0.508 e. The van der Waals surface area contributed by atoms with Crippen LogP contribution in [0.25, 0.3) is 0 Å². The van der Waals surface area contributed by atoms with E-state index in [4.69, 9.17) is 16.2 Å². The number of carbonyl (C=O) groups excluding carboxylic acids is 3. The van der Waals surface area contributed by atoms with Crippen molar-refractivity contribution in [1.29, 1.82) is 0 Å². The minimum Gasteiger partial charge on any atom is -0.508 e. The highest BCUT2D eigenvalue weighted by Gasteiger charge is 2.36. The van der Waals surface area contributed by atoms with Gasteiger partial charge in [0.2, 0.25) is 5.91 Å². The summed E-state index contributed by atoms with van der Waals surface area (Å²) in [5.41, 5.74) is 12.3. The fraction of sp³-hybridized carbons (Fsp3) is 0.111. The van der Waals surface area contributed by atoms with Crippen molar-refractivity contribution in [2.45, 2.75) is 12.6 Å². The molecule has 1 atom stereocenters. The van der Waals surface area contributed by atoms with Crippen LogP contribution in [0.5, 0.6) is 11.5 Å². The van der Waals surface area contributed by atoms with Gasteiger partial charge in [-0.3, -0.25) is 19.3 Å². The number of aromatic nitrogens is 1. The van der Waals surface area contributed by atoms with E-state index in [1.165, 1.54) is 60.5 Å². The van der Waals surface area contributed by atoms with E-state index in [2.05, 4.69) is 9.69 Å². The van der Waals surface area contributed by atoms with E-state index in [9.17, 15) is 23.9 Å². The molecule has 0 saturated heterocycles. The number of hydrogen-bond acceptors (Lipinski definition) is 8. The summed E-state index contributed by atoms with van der Waals surface area (Å²) in [6, 6.07) is 16.5. The number of hydrogen-bond donors (Lipinski definition) is 4. The fourth-order valence-electron chi connectivity index (χ4n) is 3.83. The van der Waals surface area contributed by atoms with Gasteiger partial charge >= 0.3 is 0 Å². The predicted octanol–water partition coefficient (Wildman–Crippen LogP) is 3.38. The molecule has 3 amide bonds. The number of halogens is 1. The SMILES string of the molecule is COc1ccc(N(C(=O)c2snc(C(N)=O)c2N)[C@H](C(=O)NCc2ccc(F)cc2)c2ccc(O)cc2)cc1. The number of phenols is 1. The van der Waals surface area contributed by atoms with Crippen molar-refractivity contribution in [2.24, 2.45) is 5.73 Å². The third-order valence-electron chi connectivity index (χ3n) is 5.82. The number of methoxy groups -OCH3 is 1. The number of aromatic hydroxyl groups is 1. The van der Waals surface area contributed by atoms with Gasteiger partial charge in [-0.1, -0.05) is 24.3 Å². The number of benzene rings is 3. The Morgan fingerprint density at radius 2 is 1.69 bits per heavy atom. The second kappa shape index (κ2) is 11.6. The maximum Gasteiger partial charge on any atom is 0.273 e. The van der Waals surface area contributed by atoms with Gasteiger partial charge < -0.3 is 26.6 Å². The van der Waals surface area contributed by atoms with Crippen LogP contribution in [0.15, 0.2) is 72.8 Å². The molecule has 0 saturated carbocycles. The van der Waals surface area contributed by atoms with Gasteiger partial charge in [0, 0.05) is 12.2 Å². The van der Waals surface area contributed by atoms with Gasteiger partial charge in [-0.15, -0.1) is 0 Å². The Balaban J connectivity index is 1.81. The second-order valence-corrected chi connectivity index (χ2v) is 9.12. The monoisotopic (exact) mass is 549 g/mol. The number of rotatable bonds is 9. The van der Waals surface area contributed by atoms with E-state index in [0.717, 1.165) is 0 Å². The number of carbonyl (C=O) groups is 3. The smallest absolute Gasteiger partial charge is 0.273 e. The highest BCUT2D eigenvalue weighted by molar-refractivity contribution is 7.09. The zero-order chi connectivity index (χ0) is 28.1. The topological polar surface area (TPSA) is 161 Å². The van der Waals surface area contributed by atoms with E-state index in [-0.39, 0.29) is 28.6 Å². The van der Waals surface area contributed by atoms with Gasteiger partial charge in [0.1, 0.15) is 28.2 Å². The number of nitrogens with zero attached hydrogens (tertiary/aromatic N) is 2. The third kappa shape index (κ3) is 5.96. The van der Waals surface area contributed by atoms with Gasteiger partial charge in [0.15, 0.2) is 5.69 Å². The number of nitrogen functional groups attached to an aromatic ring is 1. The van der Waals surface area contributed by atoms with Crippen LogP contribution in [0.4, 0.5) is 15.8 Å². The highest BCUT2D eigenvalue weighted by Crippen LogP contribution is 2.34. The quantitative estimate of drug-likeness (QED) is 0.249. The molecule has 10 nitrogen and oxygen atoms in total. The minimum atomic E-state index is -1.26. The van der Waals surface area contributed by atoms with Crippen LogP contribution < -0.4 is 26.4 Å². The molecule has 0 radical (unpaired) electrons. The molecule has 4 rings (SSSR count). The van der Waals surface area contributed by atoms with E-state index >= 15 is 0 Å². The van der Waals surface area contributed by atoms with Crippen molar-refractivity contribution < 1.29 is 28.6 Å². The summed E-state index contributed by atoms with van der Waals surface area (Å²) in [7, 11) is 1.49. The normalized spacial score (nSPS) is 11.4. The maximum atomic E-state index is 14.0. The Hall–Kier alpha value is -4.97. The van der Waals surface area contributed by atoms with Crippen LogP contribution in [-0.4, -0.2) is 34.3 Å². The molecule has 0 unspecified atom stereocenters. The summed E-state index contributed by atoms with van der Waals surface area (Å²) < 4.78 is 22.5. The van der Waals surface area contributed by atoms with Gasteiger partial charge in [-0.2, -0.15) is 4.37 Å². The predicted molar refractivity (Wildman–Crippen MR) is 144 cm³/mol. The standard InChI is InChI=1S/C27H24FN5O5S/c1-38-20-12-8-18(9-13-20)33(27(37)24-21(29)22(25(30)35)32-39-24)23(16-4-10-19(34)11-5-16)26(36)31-14-15-2-6-17(28)7-3-15/h2-13,23,34H,14,29H2,1H3,(H2,30,35)(H,31,36)/t23-/m0/s1. The first kappa shape index (κ1) is 27.1. The summed E-state index contributed by atoms with van der Waals surface area (Å²) in [5, 5.41) is 12.6. The summed E-state index contributed by atoms with van der Waals surface area (Å²) in [6.45, 7) is 0.0485. The summed E-state index contributed by atoms with van der Waals surface area (Å²) in [5.74, 6) is -2.12. The Morgan fingerprint density at radius 3 is 2.26 bits per heavy atom. The van der Waals surface area contributed by atoms with Gasteiger partial charge in [-0.05, 0) is 71.2 Å². The lowest BCUT2D eigenvalue weighted by atomic mass is 10.0. The van der Waals surface area contributed by atoms with E-state index in [1.807, 2.05) is 0 Å². The number of amides is 3. The molecule has 0 bridgehead atoms. The van der Waals surface area contributed by atoms with E-state index in [0.29, 0.717) is 34.1 Å². The van der Waals surface area contributed by atoms with Crippen LogP contribution >= 0.6 is 11.5 Å². The Morgan fingerprint density at radius 1 is 1.05 bits per heavy atom. The Labute approximate surface area is 226 Å². The van der Waals surface area contributed by atoms with Crippen LogP contribution in [-0.2, 0) is 11.3 Å². The summed E-state index contributed by atoms with van der Waals surface area (Å²) in [6.07, 6.45) is 0. The van der Waals surface area contributed by atoms with Crippen molar-refractivity contribution in [2.75, 3.05) is 17.7 Å².